The van der Waals surface area contributed by atoms with Gasteiger partial charge in [0.15, 0.2) is 5.78 Å². The number of fused-ring (bicyclic) bond motifs is 8. The molecular weight excluding hydrogens is 565 g/mol. The standard InChI is InChI=1S/C35H37N4O4.Mg/c1-8-11-21-17(5)24-12-23-16(4)19(9-2)26(36-23)14-28-22(15-40)20(10-3)27(37-28)13-25-18(6)29-33(39-25)30(32(21)38-24)31(34(29)41)35(42)43-7;/h9,12-15,17,21,31-32,38H,2,8,10-11H2,1,3-7H3,(H,40,41);/q-3;+2/b24-12-,28-14-;/t17-,21-,31+,32?;/m0./s1. The molecular formula is C35H37MgN4O4-. The number of rotatable bonds is 5. The zero-order valence-electron chi connectivity index (χ0n) is 26.2. The van der Waals surface area contributed by atoms with Crippen molar-refractivity contribution in [1.82, 2.24) is 20.3 Å². The van der Waals surface area contributed by atoms with Crippen LogP contribution in [0, 0.1) is 31.6 Å². The van der Waals surface area contributed by atoms with Gasteiger partial charge in [0.1, 0.15) is 5.92 Å². The second-order valence-electron chi connectivity index (χ2n) is 11.8. The Bertz CT molecular complexity index is 1970. The van der Waals surface area contributed by atoms with E-state index in [1.807, 2.05) is 32.9 Å². The van der Waals surface area contributed by atoms with E-state index < -0.39 is 11.9 Å². The Labute approximate surface area is 272 Å². The van der Waals surface area contributed by atoms with Crippen LogP contribution in [0.5, 0.6) is 0 Å². The van der Waals surface area contributed by atoms with E-state index in [0.29, 0.717) is 50.1 Å². The van der Waals surface area contributed by atoms with E-state index in [9.17, 15) is 14.7 Å². The van der Waals surface area contributed by atoms with E-state index in [1.54, 1.807) is 6.08 Å². The number of nitrogens with one attached hydrogen (secondary N) is 1. The molecule has 4 atom stereocenters. The molecule has 2 N–H and O–H groups in total. The third kappa shape index (κ3) is 4.63. The quantitative estimate of drug-likeness (QED) is 0.257. The molecule has 0 aromatic carbocycles. The maximum atomic E-state index is 14.0. The fourth-order valence-corrected chi connectivity index (χ4v) is 7.30. The van der Waals surface area contributed by atoms with Crippen LogP contribution in [0.4, 0.5) is 0 Å². The summed E-state index contributed by atoms with van der Waals surface area (Å²) >= 11 is 0. The van der Waals surface area contributed by atoms with Crippen molar-refractivity contribution in [3.63, 3.8) is 0 Å². The van der Waals surface area contributed by atoms with Crippen LogP contribution in [0.2, 0.25) is 0 Å². The number of methoxy groups -OCH3 is 1. The number of hydrogen-bond donors (Lipinski definition) is 2. The van der Waals surface area contributed by atoms with Crippen LogP contribution in [0.3, 0.4) is 0 Å². The van der Waals surface area contributed by atoms with Crippen molar-refractivity contribution < 1.29 is 19.4 Å². The van der Waals surface area contributed by atoms with Gasteiger partial charge in [-0.3, -0.25) is 9.59 Å². The first-order valence-electron chi connectivity index (χ1n) is 15.0. The Morgan fingerprint density at radius 2 is 1.80 bits per heavy atom. The summed E-state index contributed by atoms with van der Waals surface area (Å²) in [6.07, 6.45) is 11.2. The molecule has 3 aromatic rings. The second-order valence-corrected chi connectivity index (χ2v) is 11.8. The van der Waals surface area contributed by atoms with E-state index in [0.717, 1.165) is 52.9 Å². The predicted octanol–water partition coefficient (Wildman–Crippen LogP) is 1.47. The van der Waals surface area contributed by atoms with Crippen molar-refractivity contribution in [2.75, 3.05) is 7.11 Å². The van der Waals surface area contributed by atoms with E-state index >= 15 is 0 Å². The maximum Gasteiger partial charge on any atom is 2.00 e. The average Bonchev–Trinajstić information content (AvgIpc) is 3.74. The Kier molecular flexibility index (Phi) is 8.66. The molecule has 224 valence electrons. The van der Waals surface area contributed by atoms with E-state index in [-0.39, 0.29) is 46.7 Å². The van der Waals surface area contributed by atoms with Gasteiger partial charge in [0.2, 0.25) is 0 Å². The predicted molar refractivity (Wildman–Crippen MR) is 172 cm³/mol. The number of aliphatic hydroxyl groups excluding tert-OH is 1. The van der Waals surface area contributed by atoms with Gasteiger partial charge in [0.05, 0.1) is 19.4 Å². The molecule has 0 saturated carbocycles. The number of ketones is 1. The molecule has 8 nitrogen and oxygen atoms in total. The van der Waals surface area contributed by atoms with Crippen molar-refractivity contribution in [1.29, 1.82) is 0 Å². The number of nitrogens with zero attached hydrogens (tertiary/aromatic N) is 3. The number of carbonyl (C=O) groups is 2. The molecule has 3 aliphatic rings. The molecule has 1 fully saturated rings. The van der Waals surface area contributed by atoms with Gasteiger partial charge in [-0.15, -0.1) is 33.1 Å². The van der Waals surface area contributed by atoms with Gasteiger partial charge in [0, 0.05) is 17.2 Å². The summed E-state index contributed by atoms with van der Waals surface area (Å²) in [6, 6.07) is -0.281. The number of hydrogen-bond acceptors (Lipinski definition) is 5. The van der Waals surface area contributed by atoms with Gasteiger partial charge in [0.25, 0.3) is 0 Å². The maximum absolute atomic E-state index is 14.0. The van der Waals surface area contributed by atoms with Crippen LogP contribution < -0.4 is 41.5 Å². The molecule has 6 rings (SSSR count). The number of Topliss-reactive ketones (excluding diaryl/α,β-unsaturated/α-hetero) is 1. The summed E-state index contributed by atoms with van der Waals surface area (Å²) in [5, 5.41) is 16.4. The van der Waals surface area contributed by atoms with Gasteiger partial charge in [-0.05, 0) is 49.0 Å². The molecule has 9 heteroatoms. The number of ether oxygens (including phenoxy) is 1. The molecule has 0 spiro atoms. The first kappa shape index (κ1) is 31.7. The monoisotopic (exact) mass is 601 g/mol. The summed E-state index contributed by atoms with van der Waals surface area (Å²) in [5.74, 6) is -1.64. The molecule has 0 radical (unpaired) electrons. The molecule has 1 saturated heterocycles. The third-order valence-corrected chi connectivity index (χ3v) is 9.58. The van der Waals surface area contributed by atoms with Crippen molar-refractivity contribution in [3.8, 4) is 0 Å². The summed E-state index contributed by atoms with van der Waals surface area (Å²) in [7, 11) is 1.32. The van der Waals surface area contributed by atoms with Crippen LogP contribution in [-0.2, 0) is 16.0 Å². The summed E-state index contributed by atoms with van der Waals surface area (Å²) in [5.41, 5.74) is 7.82. The van der Waals surface area contributed by atoms with Gasteiger partial charge >= 0.3 is 29.0 Å². The zero-order chi connectivity index (χ0) is 30.7. The minimum atomic E-state index is -1.05. The summed E-state index contributed by atoms with van der Waals surface area (Å²) in [6.45, 7) is 14.3. The van der Waals surface area contributed by atoms with Crippen molar-refractivity contribution in [2.24, 2.45) is 17.8 Å². The van der Waals surface area contributed by atoms with Crippen LogP contribution >= 0.6 is 0 Å². The molecule has 2 aliphatic heterocycles. The minimum absolute atomic E-state index is 0. The molecule has 8 bridgehead atoms. The second kappa shape index (κ2) is 12.0. The fourth-order valence-electron chi connectivity index (χ4n) is 7.30. The van der Waals surface area contributed by atoms with Crippen molar-refractivity contribution in [2.45, 2.75) is 59.9 Å². The van der Waals surface area contributed by atoms with Crippen LogP contribution in [0.1, 0.15) is 83.3 Å². The first-order valence-corrected chi connectivity index (χ1v) is 15.0. The van der Waals surface area contributed by atoms with Gasteiger partial charge in [-0.2, -0.15) is 0 Å². The number of esters is 1. The Morgan fingerprint density at radius 1 is 1.07 bits per heavy atom. The van der Waals surface area contributed by atoms with Crippen LogP contribution in [0.15, 0.2) is 12.3 Å². The zero-order valence-corrected chi connectivity index (χ0v) is 27.7. The SMILES string of the molecule is C=Cc1c2[n-]c(c1C)/C=C1\NC(C3=c4[n-]/c(c(C)c4C(=O)[C@@H]3C(=O)OC)=C\c3[n-]c(/c(=C/O)c3CC)=C\2)[C@@H](CCC)[C@@H]1C.[Mg+2]. The van der Waals surface area contributed by atoms with Gasteiger partial charge < -0.3 is 30.1 Å². The van der Waals surface area contributed by atoms with E-state index in [1.165, 1.54) is 7.11 Å². The molecule has 0 amide bonds. The average molecular weight is 602 g/mol. The van der Waals surface area contributed by atoms with Crippen LogP contribution in [0.25, 0.3) is 36.1 Å². The molecule has 1 aliphatic carbocycles. The van der Waals surface area contributed by atoms with Gasteiger partial charge in [-0.1, -0.05) is 74.8 Å². The summed E-state index contributed by atoms with van der Waals surface area (Å²) < 4.78 is 5.18. The van der Waals surface area contributed by atoms with E-state index in [2.05, 4.69) is 31.8 Å². The number of aromatic nitrogens is 3. The Hall–Kier alpha value is -3.69. The molecule has 5 heterocycles. The van der Waals surface area contributed by atoms with Crippen LogP contribution in [-0.4, -0.2) is 53.1 Å². The third-order valence-electron chi connectivity index (χ3n) is 9.58. The Balaban J connectivity index is 0.00000384. The Morgan fingerprint density at radius 3 is 2.43 bits per heavy atom. The molecule has 3 aromatic heterocycles. The van der Waals surface area contributed by atoms with E-state index in [4.69, 9.17) is 19.7 Å². The van der Waals surface area contributed by atoms with Crippen molar-refractivity contribution in [3.05, 3.63) is 78.4 Å². The topological polar surface area (TPSA) is 118 Å². The summed E-state index contributed by atoms with van der Waals surface area (Å²) in [4.78, 5) is 42.1. The number of allylic oxidation sites excluding steroid dienone is 1. The smallest absolute Gasteiger partial charge is 0.657 e. The normalized spacial score (nSPS) is 24.9. The fraction of sp³-hybridized carbons (Fsp3) is 0.371. The largest absolute Gasteiger partial charge is 2.00 e. The number of carbonyl (C=O) groups excluding carboxylic acids is 2. The van der Waals surface area contributed by atoms with Crippen molar-refractivity contribution >= 4 is 70.9 Å². The first-order chi connectivity index (χ1) is 20.7. The molecule has 1 unspecified atom stereocenters. The number of aliphatic hydroxyl groups is 1. The minimum Gasteiger partial charge on any atom is -0.657 e. The molecule has 44 heavy (non-hydrogen) atoms. The van der Waals surface area contributed by atoms with Gasteiger partial charge in [-0.25, -0.2) is 0 Å².